The predicted octanol–water partition coefficient (Wildman–Crippen LogP) is 3.42. The van der Waals surface area contributed by atoms with E-state index in [1.54, 1.807) is 24.3 Å². The molecule has 0 saturated heterocycles. The number of hydrogen-bond acceptors (Lipinski definition) is 6. The molecular weight excluding hydrogens is 324 g/mol. The van der Waals surface area contributed by atoms with Crippen molar-refractivity contribution in [3.8, 4) is 0 Å². The normalized spacial score (nSPS) is 14.8. The lowest BCUT2D eigenvalue weighted by Crippen LogP contribution is -2.47. The first-order valence-corrected chi connectivity index (χ1v) is 7.92. The molecule has 2 aliphatic rings. The molecule has 2 aromatic carbocycles. The summed E-state index contributed by atoms with van der Waals surface area (Å²) in [6.07, 6.45) is 0. The Labute approximate surface area is 143 Å². The van der Waals surface area contributed by atoms with Crippen LogP contribution in [0.15, 0.2) is 24.3 Å². The maximum atomic E-state index is 11.5. The molecule has 0 saturated carbocycles. The topological polar surface area (TPSA) is 92.8 Å². The fourth-order valence-electron chi connectivity index (χ4n) is 3.84. The van der Waals surface area contributed by atoms with Crippen LogP contribution in [0.4, 0.5) is 22.7 Å². The average molecular weight is 340 g/mol. The van der Waals surface area contributed by atoms with Gasteiger partial charge in [-0.15, -0.1) is 0 Å². The van der Waals surface area contributed by atoms with Crippen molar-refractivity contribution in [1.29, 1.82) is 0 Å². The van der Waals surface area contributed by atoms with Crippen molar-refractivity contribution < 1.29 is 9.85 Å². The Hall–Kier alpha value is -3.16. The van der Waals surface area contributed by atoms with Gasteiger partial charge in [-0.3, -0.25) is 20.2 Å². The van der Waals surface area contributed by atoms with Crippen molar-refractivity contribution in [2.24, 2.45) is 0 Å². The Morgan fingerprint density at radius 1 is 0.800 bits per heavy atom. The number of fused-ring (bicyclic) bond motifs is 6. The average Bonchev–Trinajstić information content (AvgIpc) is 2.56. The summed E-state index contributed by atoms with van der Waals surface area (Å²) in [5, 5.41) is 23.0. The van der Waals surface area contributed by atoms with Crippen LogP contribution in [0.5, 0.6) is 0 Å². The molecule has 0 unspecified atom stereocenters. The third-order valence-electron chi connectivity index (χ3n) is 5.06. The summed E-state index contributed by atoms with van der Waals surface area (Å²) >= 11 is 0. The Balaban J connectivity index is 1.94. The van der Waals surface area contributed by atoms with Gasteiger partial charge in [-0.25, -0.2) is 0 Å². The second-order valence-electron chi connectivity index (χ2n) is 6.51. The monoisotopic (exact) mass is 340 g/mol. The van der Waals surface area contributed by atoms with Crippen molar-refractivity contribution in [1.82, 2.24) is 0 Å². The SMILES string of the molecule is Cc1ccc([N+](=O)[O-])c2c1CN1CN2Cc2c(C)ccc([N+](=O)[O-])c21. The lowest BCUT2D eigenvalue weighted by Gasteiger charge is -2.44. The zero-order chi connectivity index (χ0) is 17.9. The summed E-state index contributed by atoms with van der Waals surface area (Å²) in [7, 11) is 0. The van der Waals surface area contributed by atoms with Crippen molar-refractivity contribution >= 4 is 22.7 Å². The van der Waals surface area contributed by atoms with E-state index in [9.17, 15) is 20.2 Å². The summed E-state index contributed by atoms with van der Waals surface area (Å²) in [4.78, 5) is 26.1. The first-order chi connectivity index (χ1) is 11.9. The highest BCUT2D eigenvalue weighted by atomic mass is 16.6. The molecule has 0 atom stereocenters. The highest BCUT2D eigenvalue weighted by Gasteiger charge is 2.38. The predicted molar refractivity (Wildman–Crippen MR) is 92.9 cm³/mol. The number of nitro groups is 2. The van der Waals surface area contributed by atoms with Gasteiger partial charge in [0.1, 0.15) is 11.4 Å². The molecule has 0 amide bonds. The van der Waals surface area contributed by atoms with E-state index in [0.29, 0.717) is 31.1 Å². The maximum Gasteiger partial charge on any atom is 0.292 e. The van der Waals surface area contributed by atoms with E-state index < -0.39 is 0 Å². The third-order valence-corrected chi connectivity index (χ3v) is 5.06. The van der Waals surface area contributed by atoms with Gasteiger partial charge < -0.3 is 9.80 Å². The van der Waals surface area contributed by atoms with Crippen molar-refractivity contribution in [2.45, 2.75) is 26.9 Å². The zero-order valence-corrected chi connectivity index (χ0v) is 13.9. The lowest BCUT2D eigenvalue weighted by atomic mass is 9.95. The number of rotatable bonds is 2. The fourth-order valence-corrected chi connectivity index (χ4v) is 3.84. The van der Waals surface area contributed by atoms with E-state index in [1.165, 1.54) is 0 Å². The molecule has 0 N–H and O–H groups in total. The molecule has 8 heteroatoms. The molecule has 0 spiro atoms. The Bertz CT molecular complexity index is 865. The van der Waals surface area contributed by atoms with Crippen LogP contribution in [0.25, 0.3) is 0 Å². The molecule has 0 radical (unpaired) electrons. The van der Waals surface area contributed by atoms with E-state index in [-0.39, 0.29) is 21.2 Å². The summed E-state index contributed by atoms with van der Waals surface area (Å²) in [6, 6.07) is 6.57. The molecule has 0 aromatic heterocycles. The van der Waals surface area contributed by atoms with E-state index >= 15 is 0 Å². The van der Waals surface area contributed by atoms with Gasteiger partial charge in [-0.1, -0.05) is 12.1 Å². The second-order valence-corrected chi connectivity index (χ2v) is 6.51. The second kappa shape index (κ2) is 5.17. The van der Waals surface area contributed by atoms with Crippen molar-refractivity contribution in [3.05, 3.63) is 66.7 Å². The minimum atomic E-state index is -0.357. The van der Waals surface area contributed by atoms with Crippen molar-refractivity contribution in [2.75, 3.05) is 16.5 Å². The summed E-state index contributed by atoms with van der Waals surface area (Å²) < 4.78 is 0. The third kappa shape index (κ3) is 2.14. The molecule has 2 aliphatic heterocycles. The van der Waals surface area contributed by atoms with Crippen LogP contribution in [0.3, 0.4) is 0 Å². The van der Waals surface area contributed by atoms with E-state index in [4.69, 9.17) is 0 Å². The van der Waals surface area contributed by atoms with Gasteiger partial charge in [0.2, 0.25) is 0 Å². The fraction of sp³-hybridized carbons (Fsp3) is 0.294. The van der Waals surface area contributed by atoms with Crippen LogP contribution in [-0.2, 0) is 13.1 Å². The van der Waals surface area contributed by atoms with Gasteiger partial charge in [0.25, 0.3) is 11.4 Å². The Morgan fingerprint density at radius 3 is 1.56 bits per heavy atom. The molecular formula is C17H16N4O4. The molecule has 0 aliphatic carbocycles. The molecule has 0 fully saturated rings. The van der Waals surface area contributed by atoms with Crippen LogP contribution in [0.1, 0.15) is 22.3 Å². The molecule has 25 heavy (non-hydrogen) atoms. The highest BCUT2D eigenvalue weighted by Crippen LogP contribution is 2.47. The van der Waals surface area contributed by atoms with Crippen LogP contribution in [0.2, 0.25) is 0 Å². The summed E-state index contributed by atoms with van der Waals surface area (Å²) in [5.41, 5.74) is 5.08. The van der Waals surface area contributed by atoms with Gasteiger partial charge in [0.05, 0.1) is 16.5 Å². The van der Waals surface area contributed by atoms with Gasteiger partial charge in [0, 0.05) is 36.3 Å². The number of nitrogens with zero attached hydrogens (tertiary/aromatic N) is 4. The standard InChI is InChI=1S/C17H16N4O4/c1-10-3-5-14(20(22)23)16-12(10)7-18-9-19(16)8-13-11(2)4-6-15(17(13)18)21(24)25/h3-6H,7-9H2,1-2H3. The van der Waals surface area contributed by atoms with Gasteiger partial charge in [-0.2, -0.15) is 0 Å². The summed E-state index contributed by atoms with van der Waals surface area (Å²) in [5.74, 6) is 0. The number of hydrogen-bond donors (Lipinski definition) is 0. The van der Waals surface area contributed by atoms with Gasteiger partial charge >= 0.3 is 0 Å². The molecule has 8 nitrogen and oxygen atoms in total. The Morgan fingerprint density at radius 2 is 1.20 bits per heavy atom. The van der Waals surface area contributed by atoms with Crippen LogP contribution < -0.4 is 9.80 Å². The lowest BCUT2D eigenvalue weighted by molar-refractivity contribution is -0.384. The van der Waals surface area contributed by atoms with E-state index in [1.807, 2.05) is 23.6 Å². The number of nitro benzene ring substituents is 2. The quantitative estimate of drug-likeness (QED) is 0.614. The Kier molecular flexibility index (Phi) is 3.18. The highest BCUT2D eigenvalue weighted by molar-refractivity contribution is 5.80. The molecule has 4 rings (SSSR count). The molecule has 128 valence electrons. The maximum absolute atomic E-state index is 11.5. The first kappa shape index (κ1) is 15.4. The number of aryl methyl sites for hydroxylation is 2. The minimum absolute atomic E-state index is 0.0896. The van der Waals surface area contributed by atoms with E-state index in [0.717, 1.165) is 22.3 Å². The largest absolute Gasteiger partial charge is 0.344 e. The number of anilines is 2. The number of benzene rings is 2. The molecule has 2 heterocycles. The van der Waals surface area contributed by atoms with Gasteiger partial charge in [0.15, 0.2) is 0 Å². The molecule has 2 bridgehead atoms. The van der Waals surface area contributed by atoms with Crippen LogP contribution in [-0.4, -0.2) is 16.5 Å². The first-order valence-electron chi connectivity index (χ1n) is 7.92. The smallest absolute Gasteiger partial charge is 0.292 e. The minimum Gasteiger partial charge on any atom is -0.344 e. The zero-order valence-electron chi connectivity index (χ0n) is 13.9. The van der Waals surface area contributed by atoms with Crippen LogP contribution >= 0.6 is 0 Å². The van der Waals surface area contributed by atoms with Crippen molar-refractivity contribution in [3.63, 3.8) is 0 Å². The van der Waals surface area contributed by atoms with Gasteiger partial charge in [-0.05, 0) is 25.0 Å². The van der Waals surface area contributed by atoms with E-state index in [2.05, 4.69) is 0 Å². The molecule has 2 aromatic rings. The summed E-state index contributed by atoms with van der Waals surface area (Å²) in [6.45, 7) is 5.09. The van der Waals surface area contributed by atoms with Crippen LogP contribution in [0, 0.1) is 34.1 Å².